The minimum atomic E-state index is -4.18. The predicted octanol–water partition coefficient (Wildman–Crippen LogP) is 0.576. The molecule has 0 atom stereocenters. The van der Waals surface area contributed by atoms with Crippen LogP contribution in [0.2, 0.25) is 0 Å². The van der Waals surface area contributed by atoms with E-state index in [0.29, 0.717) is 9.87 Å². The summed E-state index contributed by atoms with van der Waals surface area (Å²) in [6, 6.07) is 3.97. The topological polar surface area (TPSA) is 130 Å². The number of carbonyl (C=O) groups is 1. The molecule has 0 aliphatic heterocycles. The summed E-state index contributed by atoms with van der Waals surface area (Å²) in [5.74, 6) is -1.34. The molecule has 0 unspecified atom stereocenters. The van der Waals surface area contributed by atoms with E-state index in [-0.39, 0.29) is 5.69 Å². The quantitative estimate of drug-likeness (QED) is 0.584. The first-order chi connectivity index (χ1) is 9.13. The molecular weight excluding hydrogens is 290 g/mol. The Balaban J connectivity index is 3.09. The van der Waals surface area contributed by atoms with Crippen molar-refractivity contribution in [2.75, 3.05) is 18.3 Å². The number of benzene rings is 1. The SMILES string of the molecule is Cc1ccc(NS(=O)(=O)N(C)CC(=O)O)c([N+](=O)[O-])c1. The van der Waals surface area contributed by atoms with Crippen LogP contribution in [0, 0.1) is 17.0 Å². The van der Waals surface area contributed by atoms with E-state index in [1.807, 2.05) is 4.72 Å². The molecule has 0 aromatic heterocycles. The van der Waals surface area contributed by atoms with Gasteiger partial charge in [-0.1, -0.05) is 6.07 Å². The summed E-state index contributed by atoms with van der Waals surface area (Å²) in [5, 5.41) is 19.4. The summed E-state index contributed by atoms with van der Waals surface area (Å²) in [6.45, 7) is 0.872. The number of nitro benzene ring substituents is 1. The number of aryl methyl sites for hydroxylation is 1. The van der Waals surface area contributed by atoms with Crippen molar-refractivity contribution in [3.05, 3.63) is 33.9 Å². The zero-order valence-electron chi connectivity index (χ0n) is 10.7. The second-order valence-electron chi connectivity index (χ2n) is 4.03. The number of hydrogen-bond acceptors (Lipinski definition) is 5. The molecule has 20 heavy (non-hydrogen) atoms. The molecule has 0 fully saturated rings. The van der Waals surface area contributed by atoms with Gasteiger partial charge in [-0.05, 0) is 18.6 Å². The van der Waals surface area contributed by atoms with Gasteiger partial charge in [0, 0.05) is 13.1 Å². The number of likely N-dealkylation sites (N-methyl/N-ethyl adjacent to an activating group) is 1. The monoisotopic (exact) mass is 303 g/mol. The van der Waals surface area contributed by atoms with Crippen molar-refractivity contribution >= 4 is 27.6 Å². The Labute approximate surface area is 115 Å². The van der Waals surface area contributed by atoms with Crippen molar-refractivity contribution in [1.82, 2.24) is 4.31 Å². The van der Waals surface area contributed by atoms with E-state index < -0.39 is 33.3 Å². The molecule has 0 saturated carbocycles. The van der Waals surface area contributed by atoms with Crippen LogP contribution in [-0.2, 0) is 15.0 Å². The summed E-state index contributed by atoms with van der Waals surface area (Å²) >= 11 is 0. The summed E-state index contributed by atoms with van der Waals surface area (Å²) in [6.07, 6.45) is 0. The van der Waals surface area contributed by atoms with E-state index in [2.05, 4.69) is 0 Å². The van der Waals surface area contributed by atoms with E-state index in [4.69, 9.17) is 5.11 Å². The van der Waals surface area contributed by atoms with Crippen LogP contribution in [0.3, 0.4) is 0 Å². The third-order valence-corrected chi connectivity index (χ3v) is 3.78. The van der Waals surface area contributed by atoms with E-state index in [1.165, 1.54) is 18.2 Å². The average molecular weight is 303 g/mol. The molecule has 1 aromatic carbocycles. The third kappa shape index (κ3) is 3.90. The molecule has 0 spiro atoms. The number of carboxylic acid groups (broad SMARTS) is 1. The number of nitrogens with one attached hydrogen (secondary N) is 1. The maximum Gasteiger partial charge on any atom is 0.318 e. The minimum Gasteiger partial charge on any atom is -0.480 e. The van der Waals surface area contributed by atoms with E-state index in [0.717, 1.165) is 7.05 Å². The molecule has 9 nitrogen and oxygen atoms in total. The van der Waals surface area contributed by atoms with Crippen LogP contribution < -0.4 is 4.72 Å². The van der Waals surface area contributed by atoms with Crippen molar-refractivity contribution in [1.29, 1.82) is 0 Å². The van der Waals surface area contributed by atoms with Crippen LogP contribution in [0.5, 0.6) is 0 Å². The van der Waals surface area contributed by atoms with Crippen LogP contribution in [0.25, 0.3) is 0 Å². The minimum absolute atomic E-state index is 0.224. The lowest BCUT2D eigenvalue weighted by atomic mass is 10.2. The molecule has 10 heteroatoms. The number of nitro groups is 1. The molecule has 110 valence electrons. The number of hydrogen-bond donors (Lipinski definition) is 2. The molecule has 0 radical (unpaired) electrons. The Hall–Kier alpha value is -2.20. The average Bonchev–Trinajstić information content (AvgIpc) is 2.30. The first-order valence-electron chi connectivity index (χ1n) is 5.34. The number of rotatable bonds is 6. The lowest BCUT2D eigenvalue weighted by Gasteiger charge is -2.16. The van der Waals surface area contributed by atoms with Crippen molar-refractivity contribution in [2.45, 2.75) is 6.92 Å². The fourth-order valence-electron chi connectivity index (χ4n) is 1.37. The second-order valence-corrected chi connectivity index (χ2v) is 5.81. The molecule has 0 aliphatic carbocycles. The lowest BCUT2D eigenvalue weighted by molar-refractivity contribution is -0.383. The fraction of sp³-hybridized carbons (Fsp3) is 0.300. The molecule has 0 bridgehead atoms. The summed E-state index contributed by atoms with van der Waals surface area (Å²) in [4.78, 5) is 20.6. The predicted molar refractivity (Wildman–Crippen MR) is 70.6 cm³/mol. The molecule has 0 saturated heterocycles. The largest absolute Gasteiger partial charge is 0.480 e. The maximum absolute atomic E-state index is 11.8. The molecule has 0 heterocycles. The highest BCUT2D eigenvalue weighted by Gasteiger charge is 2.24. The molecule has 1 aromatic rings. The normalized spacial score (nSPS) is 11.3. The third-order valence-electron chi connectivity index (χ3n) is 2.36. The number of aliphatic carboxylic acids is 1. The van der Waals surface area contributed by atoms with Crippen molar-refractivity contribution < 1.29 is 23.2 Å². The van der Waals surface area contributed by atoms with E-state index >= 15 is 0 Å². The van der Waals surface area contributed by atoms with Gasteiger partial charge in [-0.3, -0.25) is 19.6 Å². The highest BCUT2D eigenvalue weighted by atomic mass is 32.2. The fourth-order valence-corrected chi connectivity index (χ4v) is 2.26. The van der Waals surface area contributed by atoms with Gasteiger partial charge in [0.1, 0.15) is 12.2 Å². The highest BCUT2D eigenvalue weighted by molar-refractivity contribution is 7.90. The highest BCUT2D eigenvalue weighted by Crippen LogP contribution is 2.26. The Bertz CT molecular complexity index is 642. The van der Waals surface area contributed by atoms with E-state index in [1.54, 1.807) is 6.92 Å². The van der Waals surface area contributed by atoms with Gasteiger partial charge in [-0.2, -0.15) is 12.7 Å². The zero-order valence-corrected chi connectivity index (χ0v) is 11.5. The Kier molecular flexibility index (Phi) is 4.63. The van der Waals surface area contributed by atoms with Crippen molar-refractivity contribution in [2.24, 2.45) is 0 Å². The number of carboxylic acids is 1. The second kappa shape index (κ2) is 5.84. The Morgan fingerprint density at radius 2 is 2.10 bits per heavy atom. The molecule has 0 amide bonds. The van der Waals surface area contributed by atoms with Gasteiger partial charge in [-0.25, -0.2) is 0 Å². The van der Waals surface area contributed by atoms with Crippen molar-refractivity contribution in [3.8, 4) is 0 Å². The van der Waals surface area contributed by atoms with Gasteiger partial charge in [-0.15, -0.1) is 0 Å². The molecule has 0 aliphatic rings. The standard InChI is InChI=1S/C10H13N3O6S/c1-7-3-4-8(9(5-7)13(16)17)11-20(18,19)12(2)6-10(14)15/h3-5,11H,6H2,1-2H3,(H,14,15). The summed E-state index contributed by atoms with van der Waals surface area (Å²) in [5.41, 5.74) is -0.0336. The number of anilines is 1. The van der Waals surface area contributed by atoms with E-state index in [9.17, 15) is 23.3 Å². The summed E-state index contributed by atoms with van der Waals surface area (Å²) < 4.78 is 26.2. The molecular formula is C10H13N3O6S. The first-order valence-corrected chi connectivity index (χ1v) is 6.78. The zero-order chi connectivity index (χ0) is 15.5. The lowest BCUT2D eigenvalue weighted by Crippen LogP contribution is -2.36. The summed E-state index contributed by atoms with van der Waals surface area (Å²) in [7, 11) is -3.13. The van der Waals surface area contributed by atoms with Crippen LogP contribution in [0.15, 0.2) is 18.2 Å². The van der Waals surface area contributed by atoms with Crippen LogP contribution in [0.1, 0.15) is 5.56 Å². The van der Waals surface area contributed by atoms with Gasteiger partial charge in [0.25, 0.3) is 5.69 Å². The van der Waals surface area contributed by atoms with Gasteiger partial charge in [0.05, 0.1) is 4.92 Å². The first kappa shape index (κ1) is 15.9. The molecule has 2 N–H and O–H groups in total. The van der Waals surface area contributed by atoms with Crippen LogP contribution >= 0.6 is 0 Å². The van der Waals surface area contributed by atoms with Gasteiger partial charge >= 0.3 is 16.2 Å². The van der Waals surface area contributed by atoms with Gasteiger partial charge < -0.3 is 5.11 Å². The smallest absolute Gasteiger partial charge is 0.318 e. The Morgan fingerprint density at radius 1 is 1.50 bits per heavy atom. The van der Waals surface area contributed by atoms with Crippen molar-refractivity contribution in [3.63, 3.8) is 0 Å². The van der Waals surface area contributed by atoms with Crippen LogP contribution in [0.4, 0.5) is 11.4 Å². The van der Waals surface area contributed by atoms with Gasteiger partial charge in [0.15, 0.2) is 0 Å². The number of nitrogens with zero attached hydrogens (tertiary/aromatic N) is 2. The van der Waals surface area contributed by atoms with Gasteiger partial charge in [0.2, 0.25) is 0 Å². The Morgan fingerprint density at radius 3 is 2.60 bits per heavy atom. The molecule has 1 rings (SSSR count). The van der Waals surface area contributed by atoms with Crippen LogP contribution in [-0.4, -0.2) is 42.3 Å². The maximum atomic E-state index is 11.8.